The molecule has 0 aliphatic carbocycles. The predicted octanol–water partition coefficient (Wildman–Crippen LogP) is 3.85. The molecule has 0 bridgehead atoms. The van der Waals surface area contributed by atoms with Gasteiger partial charge >= 0.3 is 20.9 Å². The van der Waals surface area contributed by atoms with Crippen molar-refractivity contribution < 1.29 is 37.1 Å². The zero-order chi connectivity index (χ0) is 24.1. The molecule has 0 aliphatic rings. The van der Waals surface area contributed by atoms with Crippen molar-refractivity contribution in [3.05, 3.63) is 12.2 Å². The van der Waals surface area contributed by atoms with E-state index in [1.165, 1.54) is 0 Å². The van der Waals surface area contributed by atoms with Crippen molar-refractivity contribution in [2.24, 2.45) is 0 Å². The smallest absolute Gasteiger partial charge is 0.460 e. The molecular weight excluding hydrogens is 434 g/mol. The quantitative estimate of drug-likeness (QED) is 0.115. The molecule has 0 fully saturated rings. The number of ether oxygens (including phenoxy) is 3. The van der Waals surface area contributed by atoms with Crippen LogP contribution in [0.5, 0.6) is 0 Å². The van der Waals surface area contributed by atoms with E-state index in [0.29, 0.717) is 45.2 Å². The Morgan fingerprint density at radius 1 is 0.781 bits per heavy atom. The number of amides is 1. The molecule has 0 atom stereocenters. The Hall–Kier alpha value is -1.46. The Balaban J connectivity index is 3.64. The number of unbranched alkanes of at least 4 members (excludes halogenated alkanes) is 4. The monoisotopic (exact) mass is 477 g/mol. The molecule has 9 nitrogen and oxygen atoms in total. The van der Waals surface area contributed by atoms with E-state index in [9.17, 15) is 9.59 Å². The number of hydrogen-bond donors (Lipinski definition) is 1. The van der Waals surface area contributed by atoms with E-state index >= 15 is 0 Å². The Labute approximate surface area is 194 Å². The van der Waals surface area contributed by atoms with Gasteiger partial charge in [0.15, 0.2) is 0 Å². The van der Waals surface area contributed by atoms with Crippen LogP contribution in [-0.4, -0.2) is 73.7 Å². The van der Waals surface area contributed by atoms with Crippen LogP contribution in [0.4, 0.5) is 4.79 Å². The molecule has 0 aromatic rings. The lowest BCUT2D eigenvalue weighted by Gasteiger charge is -2.28. The van der Waals surface area contributed by atoms with Crippen molar-refractivity contribution in [2.75, 3.05) is 52.8 Å². The normalized spacial score (nSPS) is 11.2. The fourth-order valence-corrected chi connectivity index (χ4v) is 5.52. The summed E-state index contributed by atoms with van der Waals surface area (Å²) < 4.78 is 32.9. The number of carbonyl (C=O) groups is 2. The van der Waals surface area contributed by atoms with E-state index < -0.39 is 20.9 Å². The Morgan fingerprint density at radius 3 is 1.97 bits per heavy atom. The molecule has 0 spiro atoms. The van der Waals surface area contributed by atoms with Gasteiger partial charge in [-0.1, -0.05) is 25.8 Å². The second-order valence-corrected chi connectivity index (χ2v) is 9.82. The van der Waals surface area contributed by atoms with Crippen molar-refractivity contribution in [3.63, 3.8) is 0 Å². The van der Waals surface area contributed by atoms with Gasteiger partial charge in [-0.15, -0.1) is 0 Å². The molecule has 188 valence electrons. The number of rotatable bonds is 21. The fraction of sp³-hybridized carbons (Fsp3) is 0.818. The first-order valence-electron chi connectivity index (χ1n) is 11.6. The van der Waals surface area contributed by atoms with Crippen LogP contribution in [0.3, 0.4) is 0 Å². The average Bonchev–Trinajstić information content (AvgIpc) is 2.75. The van der Waals surface area contributed by atoms with Crippen molar-refractivity contribution >= 4 is 20.9 Å². The summed E-state index contributed by atoms with van der Waals surface area (Å²) in [4.78, 5) is 22.8. The molecule has 1 N–H and O–H groups in total. The first kappa shape index (κ1) is 30.5. The van der Waals surface area contributed by atoms with Gasteiger partial charge in [-0.05, 0) is 40.5 Å². The third-order valence-electron chi connectivity index (χ3n) is 4.28. The highest BCUT2D eigenvalue weighted by Gasteiger charge is 2.39. The average molecular weight is 478 g/mol. The Kier molecular flexibility index (Phi) is 19.2. The lowest BCUT2D eigenvalue weighted by Crippen LogP contribution is -2.45. The maximum atomic E-state index is 11.6. The minimum Gasteiger partial charge on any atom is -0.460 e. The Morgan fingerprint density at radius 2 is 1.38 bits per heavy atom. The van der Waals surface area contributed by atoms with Gasteiger partial charge in [0, 0.05) is 38.0 Å². The van der Waals surface area contributed by atoms with Gasteiger partial charge in [-0.3, -0.25) is 0 Å². The fourth-order valence-electron chi connectivity index (χ4n) is 2.83. The molecule has 0 unspecified atom stereocenters. The highest BCUT2D eigenvalue weighted by atomic mass is 28.4. The van der Waals surface area contributed by atoms with Crippen molar-refractivity contribution in [1.82, 2.24) is 5.32 Å². The first-order valence-corrected chi connectivity index (χ1v) is 13.6. The summed E-state index contributed by atoms with van der Waals surface area (Å²) in [7, 11) is -2.53. The van der Waals surface area contributed by atoms with Crippen LogP contribution < -0.4 is 5.32 Å². The van der Waals surface area contributed by atoms with E-state index in [1.807, 2.05) is 20.8 Å². The summed E-state index contributed by atoms with van der Waals surface area (Å²) in [6, 6.07) is 0.833. The molecule has 32 heavy (non-hydrogen) atoms. The topological polar surface area (TPSA) is 102 Å². The summed E-state index contributed by atoms with van der Waals surface area (Å²) in [5, 5.41) is 2.62. The molecule has 0 rings (SSSR count). The third-order valence-corrected chi connectivity index (χ3v) is 7.43. The van der Waals surface area contributed by atoms with Crippen LogP contribution in [0.2, 0.25) is 6.04 Å². The lowest BCUT2D eigenvalue weighted by atomic mass is 10.2. The van der Waals surface area contributed by atoms with E-state index in [0.717, 1.165) is 38.1 Å². The molecule has 1 amide bonds. The zero-order valence-electron chi connectivity index (χ0n) is 20.4. The summed E-state index contributed by atoms with van der Waals surface area (Å²) in [5.41, 5.74) is 0.350. The van der Waals surface area contributed by atoms with E-state index in [4.69, 9.17) is 27.5 Å². The number of carbonyl (C=O) groups excluding carboxylic acids is 2. The molecule has 0 aliphatic heterocycles. The molecule has 0 radical (unpaired) electrons. The number of alkyl carbamates (subject to hydrolysis) is 1. The molecule has 0 aromatic carbocycles. The minimum atomic E-state index is -2.53. The van der Waals surface area contributed by atoms with Gasteiger partial charge in [-0.2, -0.15) is 0 Å². The predicted molar refractivity (Wildman–Crippen MR) is 124 cm³/mol. The molecule has 0 aromatic heterocycles. The van der Waals surface area contributed by atoms with Crippen molar-refractivity contribution in [3.8, 4) is 0 Å². The highest BCUT2D eigenvalue weighted by molar-refractivity contribution is 6.60. The van der Waals surface area contributed by atoms with E-state index in [1.54, 1.807) is 6.92 Å². The standard InChI is InChI=1S/C22H43NO8Si/c1-6-29-32(30-7-2,31-8-3)19-13-11-9-10-12-15-28-22(25)23-14-16-26-17-18-27-21(24)20(4)5/h4,6-19H2,1-3,5H3,(H,23,25). The lowest BCUT2D eigenvalue weighted by molar-refractivity contribution is -0.140. The summed E-state index contributed by atoms with van der Waals surface area (Å²) in [6.07, 6.45) is 4.48. The number of esters is 1. The second kappa shape index (κ2) is 20.2. The van der Waals surface area contributed by atoms with Gasteiger partial charge in [0.2, 0.25) is 0 Å². The van der Waals surface area contributed by atoms with Crippen molar-refractivity contribution in [1.29, 1.82) is 0 Å². The van der Waals surface area contributed by atoms with Gasteiger partial charge < -0.3 is 32.8 Å². The van der Waals surface area contributed by atoms with E-state index in [2.05, 4.69) is 11.9 Å². The molecule has 10 heteroatoms. The van der Waals surface area contributed by atoms with Crippen LogP contribution in [0.15, 0.2) is 12.2 Å². The van der Waals surface area contributed by atoms with Crippen LogP contribution in [0.25, 0.3) is 0 Å². The summed E-state index contributed by atoms with van der Waals surface area (Å²) >= 11 is 0. The molecular formula is C22H43NO8Si. The van der Waals surface area contributed by atoms with Crippen molar-refractivity contribution in [2.45, 2.75) is 65.8 Å². The highest BCUT2D eigenvalue weighted by Crippen LogP contribution is 2.20. The summed E-state index contributed by atoms with van der Waals surface area (Å²) in [5.74, 6) is -0.438. The van der Waals surface area contributed by atoms with Gasteiger partial charge in [0.05, 0.1) is 19.8 Å². The second-order valence-electron chi connectivity index (χ2n) is 7.09. The maximum Gasteiger partial charge on any atom is 0.500 e. The largest absolute Gasteiger partial charge is 0.500 e. The van der Waals surface area contributed by atoms with E-state index in [-0.39, 0.29) is 13.2 Å². The van der Waals surface area contributed by atoms with Gasteiger partial charge in [-0.25, -0.2) is 9.59 Å². The molecule has 0 saturated carbocycles. The van der Waals surface area contributed by atoms with Gasteiger partial charge in [0.25, 0.3) is 0 Å². The number of hydrogen-bond acceptors (Lipinski definition) is 8. The minimum absolute atomic E-state index is 0.155. The van der Waals surface area contributed by atoms with Crippen LogP contribution in [-0.2, 0) is 32.3 Å². The van der Waals surface area contributed by atoms with Crippen LogP contribution in [0.1, 0.15) is 59.8 Å². The summed E-state index contributed by atoms with van der Waals surface area (Å²) in [6.45, 7) is 14.2. The zero-order valence-corrected chi connectivity index (χ0v) is 21.4. The van der Waals surface area contributed by atoms with Gasteiger partial charge in [0.1, 0.15) is 6.61 Å². The van der Waals surface area contributed by atoms with Crippen LogP contribution >= 0.6 is 0 Å². The third kappa shape index (κ3) is 16.2. The first-order chi connectivity index (χ1) is 15.4. The maximum absolute atomic E-state index is 11.6. The Bertz CT molecular complexity index is 501. The number of nitrogens with one attached hydrogen (secondary N) is 1. The SMILES string of the molecule is C=C(C)C(=O)OCCOCCNC(=O)OCCCCCCC[Si](OCC)(OCC)OCC. The molecule has 0 saturated heterocycles. The molecule has 0 heterocycles. The van der Waals surface area contributed by atoms with Crippen LogP contribution in [0, 0.1) is 0 Å².